The van der Waals surface area contributed by atoms with Crippen LogP contribution in [0.1, 0.15) is 11.1 Å². The van der Waals surface area contributed by atoms with Crippen LogP contribution in [0, 0.1) is 6.92 Å². The summed E-state index contributed by atoms with van der Waals surface area (Å²) in [6, 6.07) is 11.4. The molecular formula is C20H22N2O4S. The van der Waals surface area contributed by atoms with Crippen LogP contribution >= 0.6 is 11.8 Å². The second kappa shape index (κ2) is 8.26. The monoisotopic (exact) mass is 386 g/mol. The van der Waals surface area contributed by atoms with E-state index in [2.05, 4.69) is 10.6 Å². The van der Waals surface area contributed by atoms with Crippen LogP contribution in [0.2, 0.25) is 0 Å². The number of carbonyl (C=O) groups excluding carboxylic acids is 1. The number of benzene rings is 2. The summed E-state index contributed by atoms with van der Waals surface area (Å²) < 4.78 is 16.1. The van der Waals surface area contributed by atoms with Crippen molar-refractivity contribution < 1.29 is 19.0 Å². The number of anilines is 1. The Labute approximate surface area is 162 Å². The number of aryl methyl sites for hydroxylation is 1. The third-order valence-electron chi connectivity index (χ3n) is 4.09. The van der Waals surface area contributed by atoms with Gasteiger partial charge in [0.25, 0.3) is 5.91 Å². The van der Waals surface area contributed by atoms with Crippen molar-refractivity contribution in [2.24, 2.45) is 0 Å². The van der Waals surface area contributed by atoms with E-state index in [0.29, 0.717) is 16.4 Å². The van der Waals surface area contributed by atoms with E-state index in [0.717, 1.165) is 22.6 Å². The second-order valence-corrected chi connectivity index (χ2v) is 7.06. The molecule has 1 amide bonds. The first kappa shape index (κ1) is 19.0. The molecular weight excluding hydrogens is 364 g/mol. The van der Waals surface area contributed by atoms with Gasteiger partial charge in [0.1, 0.15) is 5.75 Å². The maximum atomic E-state index is 12.4. The fourth-order valence-electron chi connectivity index (χ4n) is 2.81. The lowest BCUT2D eigenvalue weighted by atomic mass is 10.1. The molecule has 0 bridgehead atoms. The molecule has 27 heavy (non-hydrogen) atoms. The normalized spacial score (nSPS) is 17.6. The van der Waals surface area contributed by atoms with Gasteiger partial charge in [-0.25, -0.2) is 0 Å². The fourth-order valence-corrected chi connectivity index (χ4v) is 3.77. The van der Waals surface area contributed by atoms with Crippen molar-refractivity contribution >= 4 is 29.4 Å². The molecule has 2 N–H and O–H groups in total. The molecule has 0 aromatic heterocycles. The van der Waals surface area contributed by atoms with Gasteiger partial charge in [0, 0.05) is 5.56 Å². The molecule has 7 heteroatoms. The number of hydrogen-bond acceptors (Lipinski definition) is 6. The summed E-state index contributed by atoms with van der Waals surface area (Å²) >= 11 is 1.40. The van der Waals surface area contributed by atoms with Crippen molar-refractivity contribution in [3.63, 3.8) is 0 Å². The summed E-state index contributed by atoms with van der Waals surface area (Å²) in [5.74, 6) is 1.79. The zero-order valence-corrected chi connectivity index (χ0v) is 16.5. The van der Waals surface area contributed by atoms with Gasteiger partial charge in [-0.1, -0.05) is 30.0 Å². The van der Waals surface area contributed by atoms with E-state index >= 15 is 0 Å². The number of para-hydroxylation sites is 1. The van der Waals surface area contributed by atoms with E-state index in [1.54, 1.807) is 27.4 Å². The van der Waals surface area contributed by atoms with Crippen molar-refractivity contribution in [2.75, 3.05) is 26.6 Å². The molecule has 0 radical (unpaired) electrons. The predicted molar refractivity (Wildman–Crippen MR) is 108 cm³/mol. The number of methoxy groups -OCH3 is 3. The van der Waals surface area contributed by atoms with Crippen LogP contribution < -0.4 is 24.8 Å². The molecule has 1 fully saturated rings. The first-order valence-corrected chi connectivity index (χ1v) is 9.25. The Morgan fingerprint density at radius 3 is 2.56 bits per heavy atom. The highest BCUT2D eigenvalue weighted by atomic mass is 32.2. The van der Waals surface area contributed by atoms with Crippen molar-refractivity contribution in [3.8, 4) is 17.2 Å². The van der Waals surface area contributed by atoms with E-state index in [9.17, 15) is 4.79 Å². The van der Waals surface area contributed by atoms with E-state index in [1.807, 2.05) is 43.3 Å². The second-order valence-electron chi connectivity index (χ2n) is 5.91. The molecule has 3 rings (SSSR count). The standard InChI is InChI=1S/C20H22N2O4S/c1-12-8-9-15(24-2)14(10-12)21-20-22-19(23)17(27-20)11-13-6-5-7-16(25-3)18(13)26-4/h5-11,20-21H,1-4H3,(H,22,23)/b17-11-. The lowest BCUT2D eigenvalue weighted by molar-refractivity contribution is -0.116. The van der Waals surface area contributed by atoms with Crippen LogP contribution in [-0.2, 0) is 4.79 Å². The lowest BCUT2D eigenvalue weighted by Gasteiger charge is -2.16. The minimum absolute atomic E-state index is 0.144. The summed E-state index contributed by atoms with van der Waals surface area (Å²) in [6.07, 6.45) is 1.80. The smallest absolute Gasteiger partial charge is 0.260 e. The number of rotatable bonds is 6. The molecule has 6 nitrogen and oxygen atoms in total. The van der Waals surface area contributed by atoms with Crippen molar-refractivity contribution in [3.05, 3.63) is 52.4 Å². The molecule has 2 aromatic carbocycles. The zero-order chi connectivity index (χ0) is 19.4. The van der Waals surface area contributed by atoms with Gasteiger partial charge < -0.3 is 24.8 Å². The van der Waals surface area contributed by atoms with Crippen molar-refractivity contribution in [1.29, 1.82) is 0 Å². The van der Waals surface area contributed by atoms with Crippen molar-refractivity contribution in [2.45, 2.75) is 12.4 Å². The Bertz CT molecular complexity index is 882. The third kappa shape index (κ3) is 4.14. The average molecular weight is 386 g/mol. The minimum atomic E-state index is -0.295. The lowest BCUT2D eigenvalue weighted by Crippen LogP contribution is -2.31. The molecule has 0 spiro atoms. The number of ether oxygens (including phenoxy) is 3. The van der Waals surface area contributed by atoms with Gasteiger partial charge in [0.05, 0.1) is 31.9 Å². The van der Waals surface area contributed by atoms with Crippen LogP contribution in [0.15, 0.2) is 41.3 Å². The molecule has 1 atom stereocenters. The highest BCUT2D eigenvalue weighted by molar-refractivity contribution is 8.05. The Kier molecular flexibility index (Phi) is 5.81. The van der Waals surface area contributed by atoms with Gasteiger partial charge in [-0.05, 0) is 36.8 Å². The number of thioether (sulfide) groups is 1. The van der Waals surface area contributed by atoms with Gasteiger partial charge in [0.2, 0.25) is 0 Å². The van der Waals surface area contributed by atoms with Gasteiger partial charge in [0.15, 0.2) is 17.0 Å². The quantitative estimate of drug-likeness (QED) is 0.739. The Morgan fingerprint density at radius 1 is 1.07 bits per heavy atom. The first-order chi connectivity index (χ1) is 13.0. The van der Waals surface area contributed by atoms with Gasteiger partial charge >= 0.3 is 0 Å². The van der Waals surface area contributed by atoms with Crippen LogP contribution in [0.25, 0.3) is 6.08 Å². The van der Waals surface area contributed by atoms with E-state index in [1.165, 1.54) is 11.8 Å². The molecule has 142 valence electrons. The maximum Gasteiger partial charge on any atom is 0.260 e. The van der Waals surface area contributed by atoms with Gasteiger partial charge in [-0.2, -0.15) is 0 Å². The maximum absolute atomic E-state index is 12.4. The van der Waals surface area contributed by atoms with Crippen LogP contribution in [-0.4, -0.2) is 32.7 Å². The molecule has 2 aromatic rings. The number of nitrogens with one attached hydrogen (secondary N) is 2. The molecule has 1 heterocycles. The summed E-state index contributed by atoms with van der Waals surface area (Å²) in [6.45, 7) is 2.01. The average Bonchev–Trinajstić information content (AvgIpc) is 3.00. The molecule has 1 unspecified atom stereocenters. The Balaban J connectivity index is 1.82. The van der Waals surface area contributed by atoms with Crippen LogP contribution in [0.4, 0.5) is 5.69 Å². The molecule has 1 aliphatic rings. The summed E-state index contributed by atoms with van der Waals surface area (Å²) in [4.78, 5) is 13.0. The fraction of sp³-hybridized carbons (Fsp3) is 0.250. The SMILES string of the molecule is COc1ccc(C)cc1NC1NC(=O)/C(=C/c2cccc(OC)c2OC)S1. The van der Waals surface area contributed by atoms with E-state index < -0.39 is 0 Å². The molecule has 1 aliphatic heterocycles. The molecule has 1 saturated heterocycles. The number of carbonyl (C=O) groups is 1. The summed E-state index contributed by atoms with van der Waals surface area (Å²) in [5.41, 5.74) is 2.42. The summed E-state index contributed by atoms with van der Waals surface area (Å²) in [7, 11) is 4.79. The number of amides is 1. The van der Waals surface area contributed by atoms with Crippen LogP contribution in [0.3, 0.4) is 0 Å². The van der Waals surface area contributed by atoms with E-state index in [-0.39, 0.29) is 11.4 Å². The van der Waals surface area contributed by atoms with Crippen molar-refractivity contribution in [1.82, 2.24) is 5.32 Å². The number of hydrogen-bond donors (Lipinski definition) is 2. The predicted octanol–water partition coefficient (Wildman–Crippen LogP) is 3.62. The molecule has 0 saturated carbocycles. The third-order valence-corrected chi connectivity index (χ3v) is 5.12. The highest BCUT2D eigenvalue weighted by Gasteiger charge is 2.28. The first-order valence-electron chi connectivity index (χ1n) is 8.37. The topological polar surface area (TPSA) is 68.8 Å². The highest BCUT2D eigenvalue weighted by Crippen LogP contribution is 2.37. The Morgan fingerprint density at radius 2 is 1.85 bits per heavy atom. The summed E-state index contributed by atoms with van der Waals surface area (Å²) in [5, 5.41) is 6.23. The largest absolute Gasteiger partial charge is 0.495 e. The van der Waals surface area contributed by atoms with Gasteiger partial charge in [-0.3, -0.25) is 4.79 Å². The van der Waals surface area contributed by atoms with E-state index in [4.69, 9.17) is 14.2 Å². The zero-order valence-electron chi connectivity index (χ0n) is 15.7. The minimum Gasteiger partial charge on any atom is -0.495 e. The Hall–Kier alpha value is -2.80. The van der Waals surface area contributed by atoms with Gasteiger partial charge in [-0.15, -0.1) is 0 Å². The molecule has 0 aliphatic carbocycles. The van der Waals surface area contributed by atoms with Crippen LogP contribution in [0.5, 0.6) is 17.2 Å².